The molecule has 1 aliphatic rings. The number of nitrogen functional groups attached to an aromatic ring is 1. The average molecular weight is 400 g/mol. The molecule has 0 spiro atoms. The van der Waals surface area contributed by atoms with Gasteiger partial charge in [-0.25, -0.2) is 0 Å². The van der Waals surface area contributed by atoms with Crippen LogP contribution in [0.3, 0.4) is 0 Å². The van der Waals surface area contributed by atoms with E-state index in [1.807, 2.05) is 24.4 Å². The van der Waals surface area contributed by atoms with E-state index >= 15 is 0 Å². The van der Waals surface area contributed by atoms with Gasteiger partial charge < -0.3 is 10.5 Å². The highest BCUT2D eigenvalue weighted by molar-refractivity contribution is 6.37. The Morgan fingerprint density at radius 3 is 2.59 bits per heavy atom. The number of benzene rings is 2. The van der Waals surface area contributed by atoms with Crippen LogP contribution in [0.15, 0.2) is 54.7 Å². The first-order valence-electron chi connectivity index (χ1n) is 8.75. The summed E-state index contributed by atoms with van der Waals surface area (Å²) in [6.45, 7) is 2.74. The lowest BCUT2D eigenvalue weighted by atomic mass is 9.99. The van der Waals surface area contributed by atoms with Crippen LogP contribution in [0.2, 0.25) is 10.0 Å². The number of halogens is 2. The molecular weight excluding hydrogens is 381 g/mol. The Morgan fingerprint density at radius 2 is 1.85 bits per heavy atom. The molecule has 0 aliphatic carbocycles. The normalized spacial score (nSPS) is 14.0. The standard InChI is InChI=1S/C21H19Cl2N3O/c22-19-10-16(24)11-20(23)21(19)27-18-5-4-15-12-26(8-6-14(15)9-18)13-17-3-1-2-7-25-17/h1-5,7,9-11H,6,8,12-13,24H2. The number of anilines is 1. The summed E-state index contributed by atoms with van der Waals surface area (Å²) in [6.07, 6.45) is 2.80. The van der Waals surface area contributed by atoms with E-state index in [2.05, 4.69) is 28.1 Å². The van der Waals surface area contributed by atoms with Crippen molar-refractivity contribution in [1.82, 2.24) is 9.88 Å². The number of nitrogens with zero attached hydrogens (tertiary/aromatic N) is 2. The maximum atomic E-state index is 6.22. The molecule has 138 valence electrons. The third kappa shape index (κ3) is 4.19. The van der Waals surface area contributed by atoms with Crippen molar-refractivity contribution in [2.24, 2.45) is 0 Å². The van der Waals surface area contributed by atoms with Crippen LogP contribution < -0.4 is 10.5 Å². The summed E-state index contributed by atoms with van der Waals surface area (Å²) in [6, 6.07) is 15.4. The third-order valence-electron chi connectivity index (χ3n) is 4.62. The lowest BCUT2D eigenvalue weighted by Gasteiger charge is -2.28. The fourth-order valence-electron chi connectivity index (χ4n) is 3.30. The molecule has 2 N–H and O–H groups in total. The van der Waals surface area contributed by atoms with Gasteiger partial charge in [-0.1, -0.05) is 35.3 Å². The van der Waals surface area contributed by atoms with Crippen molar-refractivity contribution in [2.75, 3.05) is 12.3 Å². The van der Waals surface area contributed by atoms with Gasteiger partial charge in [0.05, 0.1) is 15.7 Å². The lowest BCUT2D eigenvalue weighted by molar-refractivity contribution is 0.242. The van der Waals surface area contributed by atoms with Gasteiger partial charge in [0.15, 0.2) is 5.75 Å². The minimum atomic E-state index is 0.402. The van der Waals surface area contributed by atoms with Crippen molar-refractivity contribution in [3.8, 4) is 11.5 Å². The predicted octanol–water partition coefficient (Wildman–Crippen LogP) is 5.32. The van der Waals surface area contributed by atoms with Crippen LogP contribution >= 0.6 is 23.2 Å². The number of pyridine rings is 1. The average Bonchev–Trinajstić information content (AvgIpc) is 2.65. The lowest BCUT2D eigenvalue weighted by Crippen LogP contribution is -2.30. The quantitative estimate of drug-likeness (QED) is 0.602. The summed E-state index contributed by atoms with van der Waals surface area (Å²) in [4.78, 5) is 6.82. The second-order valence-corrected chi connectivity index (χ2v) is 7.44. The number of hydrogen-bond acceptors (Lipinski definition) is 4. The maximum Gasteiger partial charge on any atom is 0.164 e. The Labute approximate surface area is 168 Å². The Morgan fingerprint density at radius 1 is 1.04 bits per heavy atom. The number of aromatic nitrogens is 1. The molecule has 4 nitrogen and oxygen atoms in total. The van der Waals surface area contributed by atoms with E-state index in [0.29, 0.717) is 21.5 Å². The number of rotatable bonds is 4. The highest BCUT2D eigenvalue weighted by Gasteiger charge is 2.18. The molecule has 0 saturated carbocycles. The molecule has 4 rings (SSSR count). The van der Waals surface area contributed by atoms with Crippen LogP contribution in [0.1, 0.15) is 16.8 Å². The van der Waals surface area contributed by atoms with Crippen LogP contribution in [0.4, 0.5) is 5.69 Å². The van der Waals surface area contributed by atoms with Crippen LogP contribution in [0.5, 0.6) is 11.5 Å². The van der Waals surface area contributed by atoms with Gasteiger partial charge in [0, 0.05) is 31.5 Å². The molecule has 0 bridgehead atoms. The molecule has 3 aromatic rings. The van der Waals surface area contributed by atoms with Crippen molar-refractivity contribution < 1.29 is 4.74 Å². The summed E-state index contributed by atoms with van der Waals surface area (Å²) < 4.78 is 5.94. The smallest absolute Gasteiger partial charge is 0.164 e. The van der Waals surface area contributed by atoms with Crippen molar-refractivity contribution in [3.63, 3.8) is 0 Å². The summed E-state index contributed by atoms with van der Waals surface area (Å²) in [5.74, 6) is 1.15. The van der Waals surface area contributed by atoms with E-state index in [1.54, 1.807) is 12.1 Å². The minimum absolute atomic E-state index is 0.402. The molecule has 6 heteroatoms. The molecule has 1 aliphatic heterocycles. The zero-order valence-electron chi connectivity index (χ0n) is 14.7. The van der Waals surface area contributed by atoms with E-state index < -0.39 is 0 Å². The third-order valence-corrected chi connectivity index (χ3v) is 5.18. The van der Waals surface area contributed by atoms with Crippen LogP contribution in [0.25, 0.3) is 0 Å². The Balaban J connectivity index is 1.49. The molecule has 0 radical (unpaired) electrons. The van der Waals surface area contributed by atoms with Gasteiger partial charge in [-0.3, -0.25) is 9.88 Å². The predicted molar refractivity (Wildman–Crippen MR) is 109 cm³/mol. The fraction of sp³-hybridized carbons (Fsp3) is 0.190. The fourth-order valence-corrected chi connectivity index (χ4v) is 3.88. The number of fused-ring (bicyclic) bond motifs is 1. The van der Waals surface area contributed by atoms with Crippen LogP contribution in [0, 0.1) is 0 Å². The van der Waals surface area contributed by atoms with Crippen molar-refractivity contribution in [1.29, 1.82) is 0 Å². The van der Waals surface area contributed by atoms with E-state index in [-0.39, 0.29) is 0 Å². The Kier molecular flexibility index (Phi) is 5.21. The maximum absolute atomic E-state index is 6.22. The highest BCUT2D eigenvalue weighted by Crippen LogP contribution is 2.38. The molecule has 27 heavy (non-hydrogen) atoms. The summed E-state index contributed by atoms with van der Waals surface area (Å²) in [5, 5.41) is 0.804. The molecule has 0 saturated heterocycles. The van der Waals surface area contributed by atoms with Gasteiger partial charge in [-0.2, -0.15) is 0 Å². The molecule has 0 fully saturated rings. The molecule has 0 unspecified atom stereocenters. The largest absolute Gasteiger partial charge is 0.454 e. The summed E-state index contributed by atoms with van der Waals surface area (Å²) in [7, 11) is 0. The monoisotopic (exact) mass is 399 g/mol. The first-order valence-corrected chi connectivity index (χ1v) is 9.50. The van der Waals surface area contributed by atoms with E-state index in [9.17, 15) is 0 Å². The second-order valence-electron chi connectivity index (χ2n) is 6.63. The number of hydrogen-bond donors (Lipinski definition) is 1. The van der Waals surface area contributed by atoms with Crippen molar-refractivity contribution in [2.45, 2.75) is 19.5 Å². The van der Waals surface area contributed by atoms with Gasteiger partial charge >= 0.3 is 0 Å². The van der Waals surface area contributed by atoms with Gasteiger partial charge in [-0.05, 0) is 53.9 Å². The van der Waals surface area contributed by atoms with Gasteiger partial charge in [-0.15, -0.1) is 0 Å². The molecule has 0 atom stereocenters. The molecule has 2 aromatic carbocycles. The van der Waals surface area contributed by atoms with E-state index in [4.69, 9.17) is 33.7 Å². The van der Waals surface area contributed by atoms with Crippen molar-refractivity contribution >= 4 is 28.9 Å². The molecule has 2 heterocycles. The second kappa shape index (κ2) is 7.77. The molecule has 0 amide bonds. The van der Waals surface area contributed by atoms with Gasteiger partial charge in [0.25, 0.3) is 0 Å². The van der Waals surface area contributed by atoms with E-state index in [1.165, 1.54) is 11.1 Å². The van der Waals surface area contributed by atoms with Gasteiger partial charge in [0.2, 0.25) is 0 Å². The van der Waals surface area contributed by atoms with Crippen LogP contribution in [-0.4, -0.2) is 16.4 Å². The Bertz CT molecular complexity index is 940. The summed E-state index contributed by atoms with van der Waals surface area (Å²) >= 11 is 12.4. The topological polar surface area (TPSA) is 51.4 Å². The minimum Gasteiger partial charge on any atom is -0.454 e. The van der Waals surface area contributed by atoms with Crippen LogP contribution in [-0.2, 0) is 19.5 Å². The number of ether oxygens (including phenoxy) is 1. The van der Waals surface area contributed by atoms with Crippen molar-refractivity contribution in [3.05, 3.63) is 81.6 Å². The zero-order chi connectivity index (χ0) is 18.8. The first kappa shape index (κ1) is 18.1. The zero-order valence-corrected chi connectivity index (χ0v) is 16.2. The highest BCUT2D eigenvalue weighted by atomic mass is 35.5. The van der Waals surface area contributed by atoms with E-state index in [0.717, 1.165) is 37.5 Å². The number of nitrogens with two attached hydrogens (primary N) is 1. The molecular formula is C21H19Cl2N3O. The van der Waals surface area contributed by atoms with Gasteiger partial charge in [0.1, 0.15) is 5.75 Å². The summed E-state index contributed by atoms with van der Waals surface area (Å²) in [5.41, 5.74) is 9.94. The SMILES string of the molecule is Nc1cc(Cl)c(Oc2ccc3c(c2)CCN(Cc2ccccn2)C3)c(Cl)c1. The molecule has 1 aromatic heterocycles. The Hall–Kier alpha value is -2.27. The first-order chi connectivity index (χ1) is 13.1.